The number of anilines is 2. The lowest BCUT2D eigenvalue weighted by molar-refractivity contribution is 0.0798. The Balaban J connectivity index is 1.59. The first-order valence-corrected chi connectivity index (χ1v) is 10.5. The van der Waals surface area contributed by atoms with Crippen molar-refractivity contribution in [3.05, 3.63) is 60.6 Å². The van der Waals surface area contributed by atoms with Crippen molar-refractivity contribution in [3.63, 3.8) is 0 Å². The number of aliphatic hydroxyl groups is 1. The van der Waals surface area contributed by atoms with E-state index < -0.39 is 0 Å². The summed E-state index contributed by atoms with van der Waals surface area (Å²) in [6.07, 6.45) is 11.2. The number of pyridine rings is 2. The molecule has 1 saturated heterocycles. The van der Waals surface area contributed by atoms with E-state index in [1.165, 1.54) is 0 Å². The van der Waals surface area contributed by atoms with Crippen molar-refractivity contribution in [2.45, 2.75) is 25.7 Å². The topological polar surface area (TPSA) is 103 Å². The second-order valence-electron chi connectivity index (χ2n) is 8.06. The van der Waals surface area contributed by atoms with Crippen LogP contribution in [0.1, 0.15) is 30.1 Å². The molecule has 4 aromatic heterocycles. The molecular weight excluding hydrogens is 390 g/mol. The number of likely N-dealkylation sites (tertiary alicyclic amines) is 1. The number of hydrogen-bond acceptors (Lipinski definition) is 7. The van der Waals surface area contributed by atoms with Gasteiger partial charge in [0.15, 0.2) is 0 Å². The number of H-pyrrole nitrogens is 1. The lowest BCUT2D eigenvalue weighted by Gasteiger charge is -2.30. The van der Waals surface area contributed by atoms with Gasteiger partial charge in [0.05, 0.1) is 36.0 Å². The van der Waals surface area contributed by atoms with Gasteiger partial charge in [-0.15, -0.1) is 0 Å². The molecule has 31 heavy (non-hydrogen) atoms. The predicted molar refractivity (Wildman–Crippen MR) is 120 cm³/mol. The van der Waals surface area contributed by atoms with E-state index in [-0.39, 0.29) is 12.6 Å². The monoisotopic (exact) mass is 415 g/mol. The normalized spacial score (nSPS) is 17.2. The SMILES string of the molecule is Cc1cncc(Nc2cc(-c3cncc4[nH]ccc34)nc(C3CCCN(CO)C3)n2)c1. The van der Waals surface area contributed by atoms with Gasteiger partial charge in [0.1, 0.15) is 11.6 Å². The van der Waals surface area contributed by atoms with Crippen LogP contribution in [0.2, 0.25) is 0 Å². The van der Waals surface area contributed by atoms with Gasteiger partial charge >= 0.3 is 0 Å². The molecule has 5 heterocycles. The molecular formula is C23H25N7O. The Bertz CT molecular complexity index is 1210. The molecule has 0 spiro atoms. The molecule has 1 fully saturated rings. The van der Waals surface area contributed by atoms with Crippen LogP contribution in [0.15, 0.2) is 49.2 Å². The third-order valence-electron chi connectivity index (χ3n) is 5.71. The van der Waals surface area contributed by atoms with Crippen LogP contribution in [0.3, 0.4) is 0 Å². The van der Waals surface area contributed by atoms with Gasteiger partial charge in [-0.1, -0.05) is 0 Å². The van der Waals surface area contributed by atoms with Gasteiger partial charge in [0.2, 0.25) is 0 Å². The highest BCUT2D eigenvalue weighted by molar-refractivity contribution is 5.93. The lowest BCUT2D eigenvalue weighted by Crippen LogP contribution is -2.35. The molecule has 8 nitrogen and oxygen atoms in total. The maximum atomic E-state index is 9.61. The number of piperidine rings is 1. The molecule has 1 atom stereocenters. The summed E-state index contributed by atoms with van der Waals surface area (Å²) in [6.45, 7) is 3.72. The Labute approximate surface area is 180 Å². The summed E-state index contributed by atoms with van der Waals surface area (Å²) in [5.41, 5.74) is 4.72. The van der Waals surface area contributed by atoms with Crippen LogP contribution in [0.4, 0.5) is 11.5 Å². The molecule has 1 aliphatic rings. The molecule has 0 saturated carbocycles. The number of nitrogens with one attached hydrogen (secondary N) is 2. The quantitative estimate of drug-likeness (QED) is 0.458. The highest BCUT2D eigenvalue weighted by Crippen LogP contribution is 2.31. The van der Waals surface area contributed by atoms with Gasteiger partial charge in [-0.05, 0) is 37.5 Å². The Morgan fingerprint density at radius 1 is 1.16 bits per heavy atom. The van der Waals surface area contributed by atoms with Gasteiger partial charge in [-0.2, -0.15) is 0 Å². The first-order valence-electron chi connectivity index (χ1n) is 10.5. The van der Waals surface area contributed by atoms with Crippen LogP contribution in [-0.2, 0) is 0 Å². The zero-order valence-corrected chi connectivity index (χ0v) is 17.4. The molecule has 0 bridgehead atoms. The minimum Gasteiger partial charge on any atom is -0.381 e. The van der Waals surface area contributed by atoms with Gasteiger partial charge in [0.25, 0.3) is 0 Å². The van der Waals surface area contributed by atoms with Crippen LogP contribution in [-0.4, -0.2) is 54.7 Å². The minimum atomic E-state index is 0.0584. The fraction of sp³-hybridized carbons (Fsp3) is 0.304. The van der Waals surface area contributed by atoms with Crippen molar-refractivity contribution >= 4 is 22.4 Å². The van der Waals surface area contributed by atoms with E-state index in [1.807, 2.05) is 54.8 Å². The van der Waals surface area contributed by atoms with Gasteiger partial charge in [-0.25, -0.2) is 9.97 Å². The van der Waals surface area contributed by atoms with Gasteiger partial charge in [-0.3, -0.25) is 14.9 Å². The summed E-state index contributed by atoms with van der Waals surface area (Å²) in [5.74, 6) is 1.67. The van der Waals surface area contributed by atoms with Gasteiger partial charge < -0.3 is 15.4 Å². The average Bonchev–Trinajstić information content (AvgIpc) is 3.28. The van der Waals surface area contributed by atoms with Crippen molar-refractivity contribution in [1.29, 1.82) is 0 Å². The summed E-state index contributed by atoms with van der Waals surface area (Å²) in [7, 11) is 0. The number of fused-ring (bicyclic) bond motifs is 1. The lowest BCUT2D eigenvalue weighted by atomic mass is 9.97. The van der Waals surface area contributed by atoms with E-state index in [1.54, 1.807) is 6.20 Å². The Kier molecular flexibility index (Phi) is 5.31. The molecule has 158 valence electrons. The Morgan fingerprint density at radius 2 is 2.06 bits per heavy atom. The van der Waals surface area contributed by atoms with Crippen molar-refractivity contribution in [3.8, 4) is 11.3 Å². The predicted octanol–water partition coefficient (Wildman–Crippen LogP) is 3.60. The summed E-state index contributed by atoms with van der Waals surface area (Å²) in [4.78, 5) is 23.7. The van der Waals surface area contributed by atoms with Crippen molar-refractivity contribution < 1.29 is 5.11 Å². The maximum Gasteiger partial charge on any atom is 0.135 e. The highest BCUT2D eigenvalue weighted by Gasteiger charge is 2.24. The maximum absolute atomic E-state index is 9.61. The molecule has 0 aromatic carbocycles. The standard InChI is InChI=1S/C23H25N7O/c1-15-7-17(10-24-9-15)27-22-8-20(19-11-25-12-21-18(19)4-5-26-21)28-23(29-22)16-3-2-6-30(13-16)14-31/h4-5,7-12,16,26,31H,2-3,6,13-14H2,1H3,(H,27,28,29). The number of rotatable bonds is 5. The van der Waals surface area contributed by atoms with E-state index in [9.17, 15) is 5.11 Å². The van der Waals surface area contributed by atoms with Crippen LogP contribution in [0, 0.1) is 6.92 Å². The zero-order chi connectivity index (χ0) is 21.2. The second-order valence-corrected chi connectivity index (χ2v) is 8.06. The first-order chi connectivity index (χ1) is 15.2. The molecule has 4 aromatic rings. The molecule has 0 aliphatic carbocycles. The highest BCUT2D eigenvalue weighted by atomic mass is 16.3. The first kappa shape index (κ1) is 19.6. The molecule has 1 unspecified atom stereocenters. The Morgan fingerprint density at radius 3 is 2.94 bits per heavy atom. The third-order valence-corrected chi connectivity index (χ3v) is 5.71. The number of aromatic nitrogens is 5. The van der Waals surface area contributed by atoms with E-state index in [0.29, 0.717) is 0 Å². The number of aromatic amines is 1. The Hall–Kier alpha value is -3.36. The summed E-state index contributed by atoms with van der Waals surface area (Å²) in [6, 6.07) is 6.04. The average molecular weight is 416 g/mol. The van der Waals surface area contributed by atoms with Crippen molar-refractivity contribution in [2.24, 2.45) is 0 Å². The minimum absolute atomic E-state index is 0.0584. The number of aryl methyl sites for hydroxylation is 1. The largest absolute Gasteiger partial charge is 0.381 e. The molecule has 5 rings (SSSR count). The van der Waals surface area contributed by atoms with E-state index >= 15 is 0 Å². The van der Waals surface area contributed by atoms with Crippen molar-refractivity contribution in [2.75, 3.05) is 25.1 Å². The van der Waals surface area contributed by atoms with Crippen molar-refractivity contribution in [1.82, 2.24) is 29.8 Å². The van der Waals surface area contributed by atoms with E-state index in [0.717, 1.165) is 71.0 Å². The molecule has 0 radical (unpaired) electrons. The number of nitrogens with zero attached hydrogens (tertiary/aromatic N) is 5. The molecule has 1 aliphatic heterocycles. The third kappa shape index (κ3) is 4.12. The van der Waals surface area contributed by atoms with Crippen LogP contribution in [0.5, 0.6) is 0 Å². The van der Waals surface area contributed by atoms with Gasteiger partial charge in [0, 0.05) is 54.6 Å². The second kappa shape index (κ2) is 8.41. The molecule has 0 amide bonds. The zero-order valence-electron chi connectivity index (χ0n) is 17.4. The van der Waals surface area contributed by atoms with Crippen LogP contribution >= 0.6 is 0 Å². The number of hydrogen-bond donors (Lipinski definition) is 3. The molecule has 3 N–H and O–H groups in total. The van der Waals surface area contributed by atoms with Crippen LogP contribution < -0.4 is 5.32 Å². The van der Waals surface area contributed by atoms with E-state index in [4.69, 9.17) is 9.97 Å². The fourth-order valence-electron chi connectivity index (χ4n) is 4.20. The summed E-state index contributed by atoms with van der Waals surface area (Å²) < 4.78 is 0. The summed E-state index contributed by atoms with van der Waals surface area (Å²) >= 11 is 0. The van der Waals surface area contributed by atoms with E-state index in [2.05, 4.69) is 20.3 Å². The summed E-state index contributed by atoms with van der Waals surface area (Å²) in [5, 5.41) is 14.1. The smallest absolute Gasteiger partial charge is 0.135 e. The molecule has 8 heteroatoms. The number of aliphatic hydroxyl groups excluding tert-OH is 1. The van der Waals surface area contributed by atoms with Crippen LogP contribution in [0.25, 0.3) is 22.2 Å². The fourth-order valence-corrected chi connectivity index (χ4v) is 4.20.